The number of halogens is 4. The highest BCUT2D eigenvalue weighted by Crippen LogP contribution is 2.38. The number of amides is 3. The maximum absolute atomic E-state index is 13.9. The normalized spacial score (nSPS) is 13.4. The number of nitrogens with one attached hydrogen (secondary N) is 2. The summed E-state index contributed by atoms with van der Waals surface area (Å²) in [5.41, 5.74) is 5.79. The number of rotatable bonds is 7. The third-order valence-corrected chi connectivity index (χ3v) is 5.95. The summed E-state index contributed by atoms with van der Waals surface area (Å²) >= 11 is 0.921. The summed E-state index contributed by atoms with van der Waals surface area (Å²) in [7, 11) is 1.15. The maximum atomic E-state index is 13.9. The smallest absolute Gasteiger partial charge is 0.394 e. The lowest BCUT2D eigenvalue weighted by atomic mass is 9.96. The van der Waals surface area contributed by atoms with Crippen LogP contribution >= 0.6 is 11.3 Å². The number of aromatic nitrogens is 1. The van der Waals surface area contributed by atoms with Crippen molar-refractivity contribution >= 4 is 44.3 Å². The van der Waals surface area contributed by atoms with Gasteiger partial charge in [-0.05, 0) is 42.0 Å². The van der Waals surface area contributed by atoms with Crippen molar-refractivity contribution in [3.63, 3.8) is 0 Å². The van der Waals surface area contributed by atoms with Crippen LogP contribution in [0.5, 0.6) is 0 Å². The molecule has 3 amide bonds. The topological polar surface area (TPSA) is 121 Å². The van der Waals surface area contributed by atoms with Crippen LogP contribution in [0.3, 0.4) is 0 Å². The fourth-order valence-electron chi connectivity index (χ4n) is 3.18. The highest BCUT2D eigenvalue weighted by atomic mass is 32.1. The van der Waals surface area contributed by atoms with Crippen LogP contribution in [-0.2, 0) is 4.79 Å². The second kappa shape index (κ2) is 10.3. The van der Waals surface area contributed by atoms with Crippen molar-refractivity contribution in [2.75, 3.05) is 30.8 Å². The highest BCUT2D eigenvalue weighted by molar-refractivity contribution is 7.22. The van der Waals surface area contributed by atoms with Crippen molar-refractivity contribution in [1.29, 1.82) is 0 Å². The van der Waals surface area contributed by atoms with Crippen LogP contribution in [0.2, 0.25) is 0 Å². The van der Waals surface area contributed by atoms with E-state index in [2.05, 4.69) is 15.6 Å². The van der Waals surface area contributed by atoms with Gasteiger partial charge in [-0.1, -0.05) is 17.4 Å². The van der Waals surface area contributed by atoms with E-state index in [1.54, 1.807) is 0 Å². The first-order valence-electron chi connectivity index (χ1n) is 9.92. The summed E-state index contributed by atoms with van der Waals surface area (Å²) in [4.78, 5) is 29.8. The lowest BCUT2D eigenvalue weighted by Crippen LogP contribution is -2.48. The van der Waals surface area contributed by atoms with E-state index in [4.69, 9.17) is 5.73 Å². The fraction of sp³-hybridized carbons (Fsp3) is 0.286. The molecule has 0 fully saturated rings. The van der Waals surface area contributed by atoms with Gasteiger partial charge in [-0.2, -0.15) is 13.2 Å². The molecule has 0 radical (unpaired) electrons. The van der Waals surface area contributed by atoms with Gasteiger partial charge in [0.1, 0.15) is 5.82 Å². The van der Waals surface area contributed by atoms with Crippen LogP contribution in [0.25, 0.3) is 10.2 Å². The van der Waals surface area contributed by atoms with Crippen molar-refractivity contribution in [3.8, 4) is 0 Å². The van der Waals surface area contributed by atoms with Crippen LogP contribution in [0.15, 0.2) is 42.5 Å². The molecule has 13 heteroatoms. The third kappa shape index (κ3) is 5.79. The number of alkyl halides is 3. The molecule has 3 aromatic rings. The molecule has 0 saturated carbocycles. The molecule has 2 aromatic carbocycles. The first-order valence-corrected chi connectivity index (χ1v) is 10.7. The van der Waals surface area contributed by atoms with E-state index in [0.29, 0.717) is 15.9 Å². The molecular weight excluding hydrogens is 478 g/mol. The summed E-state index contributed by atoms with van der Waals surface area (Å²) in [6.07, 6.45) is -4.89. The van der Waals surface area contributed by atoms with Crippen LogP contribution in [0.1, 0.15) is 11.5 Å². The Labute approximate surface area is 195 Å². The Kier molecular flexibility index (Phi) is 7.69. The van der Waals surface area contributed by atoms with Gasteiger partial charge in [-0.15, -0.1) is 0 Å². The number of carbonyl (C=O) groups is 2. The number of nitrogens with zero attached hydrogens (tertiary/aromatic N) is 2. The molecule has 8 nitrogen and oxygen atoms in total. The number of aliphatic hydroxyl groups excluding tert-OH is 1. The van der Waals surface area contributed by atoms with Gasteiger partial charge < -0.3 is 21.1 Å². The molecule has 0 saturated heterocycles. The number of thiazole rings is 1. The second-order valence-corrected chi connectivity index (χ2v) is 8.36. The molecule has 0 aliphatic heterocycles. The lowest BCUT2D eigenvalue weighted by molar-refractivity contribution is -0.172. The number of benzene rings is 2. The Bertz CT molecular complexity index is 1170. The molecule has 3 rings (SSSR count). The zero-order chi connectivity index (χ0) is 25.0. The van der Waals surface area contributed by atoms with Gasteiger partial charge in [-0.25, -0.2) is 14.2 Å². The van der Waals surface area contributed by atoms with Crippen LogP contribution < -0.4 is 16.4 Å². The minimum Gasteiger partial charge on any atom is -0.394 e. The van der Waals surface area contributed by atoms with Gasteiger partial charge in [0.2, 0.25) is 5.91 Å². The lowest BCUT2D eigenvalue weighted by Gasteiger charge is -2.30. The predicted octanol–water partition coefficient (Wildman–Crippen LogP) is 3.50. The van der Waals surface area contributed by atoms with Gasteiger partial charge >= 0.3 is 12.2 Å². The average molecular weight is 499 g/mol. The minimum absolute atomic E-state index is 0.113. The Morgan fingerprint density at radius 3 is 2.44 bits per heavy atom. The number of carbonyl (C=O) groups excluding carboxylic acids is 2. The number of hydrogen-bond acceptors (Lipinski definition) is 6. The molecular formula is C21H21F4N5O3S. The molecule has 2 atom stereocenters. The number of aliphatic hydroxyl groups is 1. The molecule has 0 bridgehead atoms. The number of urea groups is 1. The number of anilines is 2. The van der Waals surface area contributed by atoms with Gasteiger partial charge in [0, 0.05) is 19.3 Å². The second-order valence-electron chi connectivity index (χ2n) is 7.33. The molecule has 0 spiro atoms. The maximum Gasteiger partial charge on any atom is 0.404 e. The third-order valence-electron chi connectivity index (χ3n) is 5.02. The van der Waals surface area contributed by atoms with Crippen molar-refractivity contribution in [2.24, 2.45) is 5.73 Å². The summed E-state index contributed by atoms with van der Waals surface area (Å²) < 4.78 is 54.9. The minimum atomic E-state index is -4.89. The number of hydrogen-bond donors (Lipinski definition) is 4. The van der Waals surface area contributed by atoms with E-state index < -0.39 is 42.5 Å². The van der Waals surface area contributed by atoms with Crippen molar-refractivity contribution in [2.45, 2.75) is 18.1 Å². The average Bonchev–Trinajstić information content (AvgIpc) is 3.16. The number of likely N-dealkylation sites (N-methyl/N-ethyl adjacent to an activating group) is 1. The van der Waals surface area contributed by atoms with Crippen LogP contribution in [0.4, 0.5) is 33.2 Å². The number of fused-ring (bicyclic) bond motifs is 1. The van der Waals surface area contributed by atoms with E-state index in [0.717, 1.165) is 29.4 Å². The SMILES string of the molecule is CN(C(=O)[C@@H](c1ccc2nc(NC(=O)Nc3ccc(F)cc3)sc2c1)C(F)(F)F)[C@@H](CN)CO. The van der Waals surface area contributed by atoms with Crippen molar-refractivity contribution in [3.05, 3.63) is 53.8 Å². The van der Waals surface area contributed by atoms with Crippen molar-refractivity contribution < 1.29 is 32.3 Å². The predicted molar refractivity (Wildman–Crippen MR) is 120 cm³/mol. The first kappa shape index (κ1) is 25.3. The Morgan fingerprint density at radius 1 is 1.18 bits per heavy atom. The molecule has 34 heavy (non-hydrogen) atoms. The zero-order valence-corrected chi connectivity index (χ0v) is 18.6. The van der Waals surface area contributed by atoms with E-state index in [1.165, 1.54) is 36.4 Å². The quantitative estimate of drug-likeness (QED) is 0.371. The first-order chi connectivity index (χ1) is 16.0. The summed E-state index contributed by atoms with van der Waals surface area (Å²) in [5.74, 6) is -4.19. The van der Waals surface area contributed by atoms with Crippen LogP contribution in [-0.4, -0.2) is 59.3 Å². The molecule has 1 aromatic heterocycles. The van der Waals surface area contributed by atoms with Gasteiger partial charge in [0.15, 0.2) is 11.0 Å². The van der Waals surface area contributed by atoms with E-state index in [1.807, 2.05) is 0 Å². The van der Waals surface area contributed by atoms with Crippen molar-refractivity contribution in [1.82, 2.24) is 9.88 Å². The molecule has 0 unspecified atom stereocenters. The molecule has 5 N–H and O–H groups in total. The van der Waals surface area contributed by atoms with Gasteiger partial charge in [0.25, 0.3) is 0 Å². The van der Waals surface area contributed by atoms with Gasteiger partial charge in [-0.3, -0.25) is 10.1 Å². The fourth-order valence-corrected chi connectivity index (χ4v) is 4.09. The monoisotopic (exact) mass is 499 g/mol. The summed E-state index contributed by atoms with van der Waals surface area (Å²) in [6, 6.07) is 7.08. The number of nitrogens with two attached hydrogens (primary N) is 1. The molecule has 0 aliphatic carbocycles. The Morgan fingerprint density at radius 2 is 1.85 bits per heavy atom. The van der Waals surface area contributed by atoms with Crippen LogP contribution in [0, 0.1) is 5.82 Å². The zero-order valence-electron chi connectivity index (χ0n) is 17.8. The standard InChI is InChI=1S/C21H21F4N5O3S/c1-30(14(9-26)10-31)18(32)17(21(23,24)25)11-2-7-15-16(8-11)34-20(28-15)29-19(33)27-13-5-3-12(22)4-6-13/h2-8,14,17,31H,9-10,26H2,1H3,(H2,27,28,29,33)/t14-,17+/m0/s1. The Hall–Kier alpha value is -3.29. The van der Waals surface area contributed by atoms with E-state index in [9.17, 15) is 32.3 Å². The van der Waals surface area contributed by atoms with Gasteiger partial charge in [0.05, 0.1) is 22.9 Å². The molecule has 1 heterocycles. The summed E-state index contributed by atoms with van der Waals surface area (Å²) in [5, 5.41) is 14.4. The van der Waals surface area contributed by atoms with E-state index in [-0.39, 0.29) is 17.2 Å². The summed E-state index contributed by atoms with van der Waals surface area (Å²) in [6.45, 7) is -0.779. The molecule has 182 valence electrons. The largest absolute Gasteiger partial charge is 0.404 e. The highest BCUT2D eigenvalue weighted by Gasteiger charge is 2.48. The van der Waals surface area contributed by atoms with E-state index >= 15 is 0 Å². The molecule has 0 aliphatic rings. The Balaban J connectivity index is 1.83.